The lowest BCUT2D eigenvalue weighted by molar-refractivity contribution is 0.239. The molecule has 1 aromatic rings. The summed E-state index contributed by atoms with van der Waals surface area (Å²) in [5.41, 5.74) is 1.73. The van der Waals surface area contributed by atoms with Crippen molar-refractivity contribution in [2.45, 2.75) is 32.7 Å². The maximum absolute atomic E-state index is 13.6. The summed E-state index contributed by atoms with van der Waals surface area (Å²) in [6.45, 7) is 7.20. The first-order valence-corrected chi connectivity index (χ1v) is 7.12. The highest BCUT2D eigenvalue weighted by atomic mass is 19.1. The van der Waals surface area contributed by atoms with Crippen molar-refractivity contribution < 1.29 is 8.78 Å². The molecule has 2 nitrogen and oxygen atoms in total. The fourth-order valence-electron chi connectivity index (χ4n) is 2.40. The molecule has 1 aliphatic rings. The van der Waals surface area contributed by atoms with E-state index in [4.69, 9.17) is 0 Å². The number of nitrogens with one attached hydrogen (secondary N) is 1. The number of halogens is 2. The van der Waals surface area contributed by atoms with Gasteiger partial charge in [-0.15, -0.1) is 0 Å². The van der Waals surface area contributed by atoms with Crippen LogP contribution in [0.25, 0.3) is 0 Å². The smallest absolute Gasteiger partial charge is 0.149 e. The Kier molecular flexibility index (Phi) is 5.12. The summed E-state index contributed by atoms with van der Waals surface area (Å²) in [4.78, 5) is 2.40. The van der Waals surface area contributed by atoms with Crippen LogP contribution in [0, 0.1) is 11.6 Å². The summed E-state index contributed by atoms with van der Waals surface area (Å²) < 4.78 is 26.4. The molecule has 0 atom stereocenters. The van der Waals surface area contributed by atoms with Gasteiger partial charge in [0.25, 0.3) is 0 Å². The fourth-order valence-corrected chi connectivity index (χ4v) is 2.40. The van der Waals surface area contributed by atoms with Crippen LogP contribution in [0.15, 0.2) is 29.8 Å². The molecular weight excluding hydrogens is 258 g/mol. The number of hydrogen-bond donors (Lipinski definition) is 1. The summed E-state index contributed by atoms with van der Waals surface area (Å²) >= 11 is 0. The number of hydrogen-bond acceptors (Lipinski definition) is 2. The largest absolute Gasteiger partial charge is 0.380 e. The summed E-state index contributed by atoms with van der Waals surface area (Å²) in [6, 6.07) is 3.94. The van der Waals surface area contributed by atoms with Crippen LogP contribution in [0.3, 0.4) is 0 Å². The van der Waals surface area contributed by atoms with Gasteiger partial charge >= 0.3 is 0 Å². The first-order chi connectivity index (χ1) is 9.54. The van der Waals surface area contributed by atoms with Crippen molar-refractivity contribution in [3.63, 3.8) is 0 Å². The standard InChI is InChI=1S/C16H22F2N2/c1-12(2)5-8-20-9-6-14(7-10-20)19-16-4-3-13(17)11-15(16)18/h3-5,11,14,19H,6-10H2,1-2H3. The van der Waals surface area contributed by atoms with E-state index in [9.17, 15) is 8.78 Å². The van der Waals surface area contributed by atoms with E-state index in [0.717, 1.165) is 38.5 Å². The van der Waals surface area contributed by atoms with Crippen LogP contribution >= 0.6 is 0 Å². The van der Waals surface area contributed by atoms with Gasteiger partial charge in [-0.1, -0.05) is 11.6 Å². The van der Waals surface area contributed by atoms with Crippen LogP contribution in [0.1, 0.15) is 26.7 Å². The highest BCUT2D eigenvalue weighted by molar-refractivity contribution is 5.45. The van der Waals surface area contributed by atoms with Gasteiger partial charge in [-0.3, -0.25) is 4.90 Å². The maximum atomic E-state index is 13.6. The van der Waals surface area contributed by atoms with Crippen molar-refractivity contribution in [2.75, 3.05) is 25.0 Å². The molecule has 1 aromatic carbocycles. The maximum Gasteiger partial charge on any atom is 0.149 e. The average Bonchev–Trinajstić information content (AvgIpc) is 2.41. The van der Waals surface area contributed by atoms with Crippen LogP contribution < -0.4 is 5.32 Å². The lowest BCUT2D eigenvalue weighted by Gasteiger charge is -2.32. The number of allylic oxidation sites excluding steroid dienone is 1. The molecule has 2 rings (SSSR count). The Bertz CT molecular complexity index is 473. The quantitative estimate of drug-likeness (QED) is 0.844. The van der Waals surface area contributed by atoms with Gasteiger partial charge in [-0.25, -0.2) is 8.78 Å². The molecular formula is C16H22F2N2. The van der Waals surface area contributed by atoms with Crippen LogP contribution in [0.5, 0.6) is 0 Å². The first kappa shape index (κ1) is 15.0. The van der Waals surface area contributed by atoms with Crippen molar-refractivity contribution in [1.82, 2.24) is 4.90 Å². The number of anilines is 1. The molecule has 0 saturated carbocycles. The molecule has 1 N–H and O–H groups in total. The van der Waals surface area contributed by atoms with E-state index >= 15 is 0 Å². The molecule has 0 aromatic heterocycles. The Morgan fingerprint density at radius 1 is 1.30 bits per heavy atom. The number of benzene rings is 1. The van der Waals surface area contributed by atoms with Crippen molar-refractivity contribution in [3.8, 4) is 0 Å². The molecule has 0 unspecified atom stereocenters. The average molecular weight is 280 g/mol. The number of rotatable bonds is 4. The van der Waals surface area contributed by atoms with Gasteiger partial charge in [-0.05, 0) is 38.8 Å². The SMILES string of the molecule is CC(C)=CCN1CCC(Nc2ccc(F)cc2F)CC1. The number of likely N-dealkylation sites (tertiary alicyclic amines) is 1. The Balaban J connectivity index is 1.83. The highest BCUT2D eigenvalue weighted by Gasteiger charge is 2.19. The van der Waals surface area contributed by atoms with E-state index in [1.165, 1.54) is 17.7 Å². The summed E-state index contributed by atoms with van der Waals surface area (Å²) in [5, 5.41) is 3.18. The predicted molar refractivity (Wildman–Crippen MR) is 78.9 cm³/mol. The number of piperidine rings is 1. The molecule has 0 amide bonds. The minimum absolute atomic E-state index is 0.262. The predicted octanol–water partition coefficient (Wildman–Crippen LogP) is 3.81. The second-order valence-electron chi connectivity index (χ2n) is 5.62. The van der Waals surface area contributed by atoms with Gasteiger partial charge in [0.05, 0.1) is 5.69 Å². The van der Waals surface area contributed by atoms with Crippen molar-refractivity contribution in [1.29, 1.82) is 0 Å². The van der Waals surface area contributed by atoms with Crippen molar-refractivity contribution in [2.24, 2.45) is 0 Å². The summed E-state index contributed by atoms with van der Waals surface area (Å²) in [5.74, 6) is -1.05. The van der Waals surface area contributed by atoms with Gasteiger partial charge in [-0.2, -0.15) is 0 Å². The molecule has 1 saturated heterocycles. The van der Waals surface area contributed by atoms with Gasteiger partial charge in [0.1, 0.15) is 11.6 Å². The van der Waals surface area contributed by atoms with E-state index in [2.05, 4.69) is 30.1 Å². The third-order valence-electron chi connectivity index (χ3n) is 3.64. The third kappa shape index (κ3) is 4.30. The summed E-state index contributed by atoms with van der Waals surface area (Å²) in [6.07, 6.45) is 4.19. The molecule has 1 aliphatic heterocycles. The van der Waals surface area contributed by atoms with E-state index in [1.54, 1.807) is 0 Å². The van der Waals surface area contributed by atoms with E-state index in [0.29, 0.717) is 5.69 Å². The zero-order chi connectivity index (χ0) is 14.5. The topological polar surface area (TPSA) is 15.3 Å². The molecule has 110 valence electrons. The van der Waals surface area contributed by atoms with Crippen molar-refractivity contribution in [3.05, 3.63) is 41.5 Å². The molecule has 1 fully saturated rings. The Hall–Kier alpha value is -1.42. The van der Waals surface area contributed by atoms with Gasteiger partial charge in [0, 0.05) is 31.7 Å². The molecule has 20 heavy (non-hydrogen) atoms. The van der Waals surface area contributed by atoms with Crippen LogP contribution in [0.4, 0.5) is 14.5 Å². The van der Waals surface area contributed by atoms with Crippen LogP contribution in [0.2, 0.25) is 0 Å². The monoisotopic (exact) mass is 280 g/mol. The van der Waals surface area contributed by atoms with Gasteiger partial charge in [0.2, 0.25) is 0 Å². The molecule has 0 spiro atoms. The molecule has 0 radical (unpaired) electrons. The lowest BCUT2D eigenvalue weighted by Crippen LogP contribution is -2.39. The lowest BCUT2D eigenvalue weighted by atomic mass is 10.0. The molecule has 4 heteroatoms. The molecule has 0 aliphatic carbocycles. The Labute approximate surface area is 119 Å². The van der Waals surface area contributed by atoms with Crippen LogP contribution in [-0.4, -0.2) is 30.6 Å². The third-order valence-corrected chi connectivity index (χ3v) is 3.64. The minimum atomic E-state index is -0.537. The normalized spacial score (nSPS) is 17.0. The summed E-state index contributed by atoms with van der Waals surface area (Å²) in [7, 11) is 0. The first-order valence-electron chi connectivity index (χ1n) is 7.12. The second-order valence-corrected chi connectivity index (χ2v) is 5.62. The van der Waals surface area contributed by atoms with Gasteiger partial charge < -0.3 is 5.32 Å². The highest BCUT2D eigenvalue weighted by Crippen LogP contribution is 2.20. The van der Waals surface area contributed by atoms with Gasteiger partial charge in [0.15, 0.2) is 0 Å². The Morgan fingerprint density at radius 2 is 2.00 bits per heavy atom. The molecule has 1 heterocycles. The fraction of sp³-hybridized carbons (Fsp3) is 0.500. The van der Waals surface area contributed by atoms with Crippen LogP contribution in [-0.2, 0) is 0 Å². The number of nitrogens with zero attached hydrogens (tertiary/aromatic N) is 1. The Morgan fingerprint density at radius 3 is 2.60 bits per heavy atom. The zero-order valence-corrected chi connectivity index (χ0v) is 12.1. The second kappa shape index (κ2) is 6.84. The van der Waals surface area contributed by atoms with Crippen molar-refractivity contribution >= 4 is 5.69 Å². The molecule has 0 bridgehead atoms. The van der Waals surface area contributed by atoms with E-state index in [1.807, 2.05) is 0 Å². The van der Waals surface area contributed by atoms with E-state index in [-0.39, 0.29) is 6.04 Å². The zero-order valence-electron chi connectivity index (χ0n) is 12.1. The minimum Gasteiger partial charge on any atom is -0.380 e. The van der Waals surface area contributed by atoms with E-state index < -0.39 is 11.6 Å².